The van der Waals surface area contributed by atoms with Crippen LogP contribution in [0, 0.1) is 0 Å². The van der Waals surface area contributed by atoms with Crippen LogP contribution in [0.3, 0.4) is 0 Å². The van der Waals surface area contributed by atoms with Gasteiger partial charge in [-0.3, -0.25) is 4.79 Å². The zero-order valence-corrected chi connectivity index (χ0v) is 11.5. The molecule has 8 heteroatoms. The van der Waals surface area contributed by atoms with E-state index in [2.05, 4.69) is 0 Å². The molecule has 1 aromatic rings. The minimum absolute atomic E-state index is 0.0302. The lowest BCUT2D eigenvalue weighted by atomic mass is 10.1. The highest BCUT2D eigenvalue weighted by Crippen LogP contribution is 2.13. The van der Waals surface area contributed by atoms with Gasteiger partial charge in [0.25, 0.3) is 0 Å². The zero-order valence-electron chi connectivity index (χ0n) is 11.5. The van der Waals surface area contributed by atoms with E-state index in [0.717, 1.165) is 12.0 Å². The Bertz CT molecular complexity index is 501. The minimum Gasteiger partial charge on any atom is -0.481 e. The highest BCUT2D eigenvalue weighted by atomic mass is 19.4. The van der Waals surface area contributed by atoms with Gasteiger partial charge in [0.1, 0.15) is 0 Å². The molecule has 0 spiro atoms. The second-order valence-electron chi connectivity index (χ2n) is 4.18. The maximum Gasteiger partial charge on any atom is 0.490 e. The van der Waals surface area contributed by atoms with Gasteiger partial charge in [0.2, 0.25) is 0 Å². The normalized spacial score (nSPS) is 12.4. The summed E-state index contributed by atoms with van der Waals surface area (Å²) in [6.45, 7) is 0. The molecule has 5 nitrogen and oxygen atoms in total. The molecule has 0 saturated heterocycles. The Morgan fingerprint density at radius 1 is 1.18 bits per heavy atom. The number of aliphatic carboxylic acids is 2. The molecule has 1 atom stereocenters. The third-order valence-electron chi connectivity index (χ3n) is 2.23. The monoisotopic (exact) mass is 319 g/mol. The fourth-order valence-electron chi connectivity index (χ4n) is 1.30. The summed E-state index contributed by atoms with van der Waals surface area (Å²) in [5.41, 5.74) is 6.97. The quantitative estimate of drug-likeness (QED) is 0.723. The highest BCUT2D eigenvalue weighted by Gasteiger charge is 2.38. The van der Waals surface area contributed by atoms with Crippen LogP contribution in [0.1, 0.15) is 12.0 Å². The summed E-state index contributed by atoms with van der Waals surface area (Å²) < 4.78 is 31.7. The zero-order chi connectivity index (χ0) is 17.2. The van der Waals surface area contributed by atoms with E-state index in [1.165, 1.54) is 0 Å². The highest BCUT2D eigenvalue weighted by molar-refractivity contribution is 5.73. The van der Waals surface area contributed by atoms with E-state index in [0.29, 0.717) is 0 Å². The van der Waals surface area contributed by atoms with Crippen LogP contribution in [0.2, 0.25) is 0 Å². The van der Waals surface area contributed by atoms with E-state index < -0.39 is 18.1 Å². The number of carbonyl (C=O) groups is 2. The lowest BCUT2D eigenvalue weighted by Crippen LogP contribution is -2.21. The Morgan fingerprint density at radius 2 is 1.68 bits per heavy atom. The number of halogens is 3. The standard InChI is InChI=1S/C12H15NO2.C2HF3O2/c13-11(7-4-8-12(14)15)9-10-5-2-1-3-6-10;3-2(4,5)1(6)7/h1-7,11H,8-9,13H2,(H,14,15);(H,6,7)/b7-4+;/t11-;/m1./s1. The summed E-state index contributed by atoms with van der Waals surface area (Å²) in [4.78, 5) is 19.1. The van der Waals surface area contributed by atoms with Gasteiger partial charge in [-0.2, -0.15) is 13.2 Å². The van der Waals surface area contributed by atoms with Crippen LogP contribution >= 0.6 is 0 Å². The van der Waals surface area contributed by atoms with Crippen molar-refractivity contribution in [2.75, 3.05) is 0 Å². The van der Waals surface area contributed by atoms with Crippen LogP contribution in [0.5, 0.6) is 0 Å². The van der Waals surface area contributed by atoms with Gasteiger partial charge in [0.05, 0.1) is 6.42 Å². The Morgan fingerprint density at radius 3 is 2.09 bits per heavy atom. The van der Waals surface area contributed by atoms with Crippen molar-refractivity contribution < 1.29 is 33.0 Å². The Labute approximate surface area is 124 Å². The molecule has 1 aromatic carbocycles. The van der Waals surface area contributed by atoms with E-state index in [1.807, 2.05) is 30.3 Å². The predicted octanol–water partition coefficient (Wildman–Crippen LogP) is 2.22. The lowest BCUT2D eigenvalue weighted by molar-refractivity contribution is -0.192. The van der Waals surface area contributed by atoms with Gasteiger partial charge in [-0.1, -0.05) is 42.5 Å². The average molecular weight is 319 g/mol. The second-order valence-corrected chi connectivity index (χ2v) is 4.18. The smallest absolute Gasteiger partial charge is 0.481 e. The molecule has 0 saturated carbocycles. The van der Waals surface area contributed by atoms with E-state index in [1.54, 1.807) is 12.2 Å². The molecule has 22 heavy (non-hydrogen) atoms. The first-order chi connectivity index (χ1) is 10.1. The molecule has 4 N–H and O–H groups in total. The number of benzene rings is 1. The molecule has 0 aliphatic heterocycles. The molecule has 0 amide bonds. The molecule has 0 bridgehead atoms. The predicted molar refractivity (Wildman–Crippen MR) is 73.2 cm³/mol. The van der Waals surface area contributed by atoms with Gasteiger partial charge >= 0.3 is 18.1 Å². The van der Waals surface area contributed by atoms with Gasteiger partial charge in [0.15, 0.2) is 0 Å². The van der Waals surface area contributed by atoms with Crippen LogP contribution in [0.15, 0.2) is 42.5 Å². The molecular weight excluding hydrogens is 303 g/mol. The maximum absolute atomic E-state index is 10.6. The molecule has 0 aliphatic rings. The molecule has 0 heterocycles. The topological polar surface area (TPSA) is 101 Å². The lowest BCUT2D eigenvalue weighted by Gasteiger charge is -2.05. The van der Waals surface area contributed by atoms with Crippen molar-refractivity contribution in [3.8, 4) is 0 Å². The van der Waals surface area contributed by atoms with E-state index in [9.17, 15) is 18.0 Å². The Balaban J connectivity index is 0.000000534. The molecule has 0 fully saturated rings. The average Bonchev–Trinajstić information content (AvgIpc) is 2.39. The second kappa shape index (κ2) is 9.56. The first-order valence-electron chi connectivity index (χ1n) is 6.11. The summed E-state index contributed by atoms with van der Waals surface area (Å²) in [6, 6.07) is 9.77. The summed E-state index contributed by atoms with van der Waals surface area (Å²) in [6.07, 6.45) is -0.990. The van der Waals surface area contributed by atoms with Crippen molar-refractivity contribution in [3.05, 3.63) is 48.0 Å². The van der Waals surface area contributed by atoms with Crippen molar-refractivity contribution >= 4 is 11.9 Å². The van der Waals surface area contributed by atoms with Crippen LogP contribution in [0.25, 0.3) is 0 Å². The Hall–Kier alpha value is -2.35. The number of carboxylic acid groups (broad SMARTS) is 2. The van der Waals surface area contributed by atoms with Crippen LogP contribution in [-0.2, 0) is 16.0 Å². The SMILES string of the molecule is N[C@H](/C=C/CC(=O)O)Cc1ccccc1.O=C(O)C(F)(F)F. The van der Waals surface area contributed by atoms with E-state index >= 15 is 0 Å². The first kappa shape index (κ1) is 19.7. The van der Waals surface area contributed by atoms with Gasteiger partial charge in [-0.15, -0.1) is 0 Å². The van der Waals surface area contributed by atoms with Gasteiger partial charge in [-0.05, 0) is 12.0 Å². The summed E-state index contributed by atoms with van der Waals surface area (Å²) in [5, 5.41) is 15.5. The van der Waals surface area contributed by atoms with Gasteiger partial charge in [0, 0.05) is 6.04 Å². The van der Waals surface area contributed by atoms with Crippen molar-refractivity contribution in [3.63, 3.8) is 0 Å². The van der Waals surface area contributed by atoms with Crippen molar-refractivity contribution in [1.29, 1.82) is 0 Å². The summed E-state index contributed by atoms with van der Waals surface area (Å²) >= 11 is 0. The summed E-state index contributed by atoms with van der Waals surface area (Å²) in [5.74, 6) is -3.59. The molecule has 0 aliphatic carbocycles. The van der Waals surface area contributed by atoms with Gasteiger partial charge in [-0.25, -0.2) is 4.79 Å². The number of nitrogens with two attached hydrogens (primary N) is 1. The third kappa shape index (κ3) is 10.4. The number of alkyl halides is 3. The first-order valence-corrected chi connectivity index (χ1v) is 6.11. The molecule has 0 radical (unpaired) electrons. The summed E-state index contributed by atoms with van der Waals surface area (Å²) in [7, 11) is 0. The number of hydrogen-bond donors (Lipinski definition) is 3. The van der Waals surface area contributed by atoms with Crippen molar-refractivity contribution in [2.45, 2.75) is 25.1 Å². The van der Waals surface area contributed by atoms with Crippen molar-refractivity contribution in [2.24, 2.45) is 5.73 Å². The minimum atomic E-state index is -5.08. The fourth-order valence-corrected chi connectivity index (χ4v) is 1.30. The number of rotatable bonds is 5. The van der Waals surface area contributed by atoms with E-state index in [4.69, 9.17) is 20.7 Å². The van der Waals surface area contributed by atoms with Gasteiger partial charge < -0.3 is 15.9 Å². The molecule has 0 aromatic heterocycles. The van der Waals surface area contributed by atoms with Crippen LogP contribution in [-0.4, -0.2) is 34.4 Å². The Kier molecular flexibility index (Phi) is 8.54. The molecular formula is C14H16F3NO4. The third-order valence-corrected chi connectivity index (χ3v) is 2.23. The molecule has 1 rings (SSSR count). The van der Waals surface area contributed by atoms with Crippen molar-refractivity contribution in [1.82, 2.24) is 0 Å². The van der Waals surface area contributed by atoms with Crippen LogP contribution < -0.4 is 5.73 Å². The van der Waals surface area contributed by atoms with E-state index in [-0.39, 0.29) is 12.5 Å². The fraction of sp³-hybridized carbons (Fsp3) is 0.286. The molecule has 0 unspecified atom stereocenters. The number of hydrogen-bond acceptors (Lipinski definition) is 3. The maximum atomic E-state index is 10.6. The molecule has 122 valence electrons. The van der Waals surface area contributed by atoms with Crippen LogP contribution in [0.4, 0.5) is 13.2 Å². The largest absolute Gasteiger partial charge is 0.490 e. The number of carboxylic acids is 2.